The third kappa shape index (κ3) is 5.41. The Morgan fingerprint density at radius 1 is 1.02 bits per heavy atom. The topological polar surface area (TPSA) is 107 Å². The Morgan fingerprint density at radius 2 is 1.86 bits per heavy atom. The summed E-state index contributed by atoms with van der Waals surface area (Å²) in [6.45, 7) is 1.48. The zero-order valence-electron chi connectivity index (χ0n) is 23.1. The fourth-order valence-electron chi connectivity index (χ4n) is 5.52. The van der Waals surface area contributed by atoms with Gasteiger partial charge in [-0.3, -0.25) is 14.5 Å². The van der Waals surface area contributed by atoms with Crippen molar-refractivity contribution in [3.05, 3.63) is 82.7 Å². The highest BCUT2D eigenvalue weighted by Crippen LogP contribution is 2.41. The minimum Gasteiger partial charge on any atom is -0.493 e. The van der Waals surface area contributed by atoms with Gasteiger partial charge in [-0.15, -0.1) is 0 Å². The van der Waals surface area contributed by atoms with Crippen LogP contribution in [0.3, 0.4) is 0 Å². The van der Waals surface area contributed by atoms with Crippen molar-refractivity contribution in [2.75, 3.05) is 46.5 Å². The van der Waals surface area contributed by atoms with Crippen molar-refractivity contribution < 1.29 is 37.7 Å². The minimum atomic E-state index is -0.646. The van der Waals surface area contributed by atoms with Crippen LogP contribution < -0.4 is 19.5 Å². The number of cyclic esters (lactones) is 1. The molecule has 10 nitrogen and oxygen atoms in total. The third-order valence-corrected chi connectivity index (χ3v) is 7.62. The zero-order valence-corrected chi connectivity index (χ0v) is 23.1. The first-order chi connectivity index (χ1) is 20.4. The molecule has 1 N–H and O–H groups in total. The monoisotopic (exact) mass is 575 g/mol. The van der Waals surface area contributed by atoms with Gasteiger partial charge in [-0.05, 0) is 72.0 Å². The number of rotatable bonds is 3. The number of fused-ring (bicyclic) bond motifs is 6. The van der Waals surface area contributed by atoms with Gasteiger partial charge in [-0.25, -0.2) is 9.18 Å². The summed E-state index contributed by atoms with van der Waals surface area (Å²) in [7, 11) is 1.55. The molecule has 1 unspecified atom stereocenters. The lowest BCUT2D eigenvalue weighted by Crippen LogP contribution is -2.45. The summed E-state index contributed by atoms with van der Waals surface area (Å²) in [5.41, 5.74) is 2.58. The smallest absolute Gasteiger partial charge is 0.410 e. The predicted octanol–water partition coefficient (Wildman–Crippen LogP) is 4.07. The average Bonchev–Trinajstić information content (AvgIpc) is 3.40. The largest absolute Gasteiger partial charge is 0.493 e. The molecular formula is C31H30FN3O7. The molecule has 7 rings (SSSR count). The minimum absolute atomic E-state index is 0.0794. The maximum Gasteiger partial charge on any atom is 0.410 e. The van der Waals surface area contributed by atoms with E-state index < -0.39 is 23.9 Å². The Labute approximate surface area is 241 Å². The Balaban J connectivity index is 1.41. The first-order valence-corrected chi connectivity index (χ1v) is 13.8. The molecule has 8 bridgehead atoms. The van der Waals surface area contributed by atoms with E-state index in [1.54, 1.807) is 24.1 Å². The summed E-state index contributed by atoms with van der Waals surface area (Å²) >= 11 is 0. The number of hydrogen-bond donors (Lipinski definition) is 1. The summed E-state index contributed by atoms with van der Waals surface area (Å²) in [6.07, 6.45) is 0.519. The number of halogens is 1. The predicted molar refractivity (Wildman–Crippen MR) is 149 cm³/mol. The number of carbonyl (C=O) groups excluding carboxylic acids is 3. The molecule has 1 saturated heterocycles. The van der Waals surface area contributed by atoms with Gasteiger partial charge in [0.05, 0.1) is 31.9 Å². The highest BCUT2D eigenvalue weighted by atomic mass is 19.1. The van der Waals surface area contributed by atoms with Gasteiger partial charge in [0.2, 0.25) is 5.91 Å². The average molecular weight is 576 g/mol. The molecule has 0 saturated carbocycles. The number of benzene rings is 3. The molecule has 1 atom stereocenters. The number of hydrogen-bond acceptors (Lipinski definition) is 7. The van der Waals surface area contributed by atoms with Gasteiger partial charge in [-0.2, -0.15) is 0 Å². The Bertz CT molecular complexity index is 1540. The molecule has 0 spiro atoms. The van der Waals surface area contributed by atoms with Crippen LogP contribution in [0.2, 0.25) is 0 Å². The van der Waals surface area contributed by atoms with E-state index in [0.29, 0.717) is 48.9 Å². The lowest BCUT2D eigenvalue weighted by Gasteiger charge is -2.38. The van der Waals surface area contributed by atoms with Crippen LogP contribution >= 0.6 is 0 Å². The summed E-state index contributed by atoms with van der Waals surface area (Å²) in [5, 5.41) is 2.73. The molecule has 0 aromatic heterocycles. The van der Waals surface area contributed by atoms with Crippen LogP contribution in [0, 0.1) is 5.82 Å². The number of ether oxygens (including phenoxy) is 4. The van der Waals surface area contributed by atoms with Crippen molar-refractivity contribution in [1.29, 1.82) is 0 Å². The van der Waals surface area contributed by atoms with Gasteiger partial charge in [-0.1, -0.05) is 12.1 Å². The van der Waals surface area contributed by atoms with Crippen LogP contribution in [0.5, 0.6) is 23.0 Å². The highest BCUT2D eigenvalue weighted by Gasteiger charge is 2.35. The van der Waals surface area contributed by atoms with Gasteiger partial charge in [0.15, 0.2) is 11.5 Å². The summed E-state index contributed by atoms with van der Waals surface area (Å²) in [5.74, 6) is 0.473. The van der Waals surface area contributed by atoms with Crippen LogP contribution in [-0.4, -0.2) is 74.2 Å². The van der Waals surface area contributed by atoms with Crippen molar-refractivity contribution in [2.24, 2.45) is 0 Å². The quantitative estimate of drug-likeness (QED) is 0.502. The standard InChI is InChI=1S/C31H30FN3O7/c1-39-26-8-3-20-16-27(26)40-13-2-10-33-30(37)24-17-22(5-7-25(24)32)42-21-4-6-23-19(15-21)9-11-35(29(20)23)28(36)18-34-12-14-41-31(34)38/h3-8,15-17,29H,2,9-14,18H2,1H3,(H,33,37). The first kappa shape index (κ1) is 27.4. The molecule has 4 aliphatic heterocycles. The molecule has 0 radical (unpaired) electrons. The molecule has 42 heavy (non-hydrogen) atoms. The second-order valence-electron chi connectivity index (χ2n) is 10.2. The van der Waals surface area contributed by atoms with Gasteiger partial charge >= 0.3 is 6.09 Å². The Kier molecular flexibility index (Phi) is 7.56. The number of carbonyl (C=O) groups is 3. The number of nitrogens with one attached hydrogen (secondary N) is 1. The van der Waals surface area contributed by atoms with Gasteiger partial charge in [0.25, 0.3) is 5.91 Å². The molecule has 3 aromatic rings. The van der Waals surface area contributed by atoms with E-state index in [4.69, 9.17) is 18.9 Å². The van der Waals surface area contributed by atoms with Crippen LogP contribution in [0.25, 0.3) is 0 Å². The number of nitrogens with zero attached hydrogens (tertiary/aromatic N) is 2. The van der Waals surface area contributed by atoms with E-state index >= 15 is 0 Å². The molecule has 4 aliphatic rings. The van der Waals surface area contributed by atoms with Crippen molar-refractivity contribution in [1.82, 2.24) is 15.1 Å². The van der Waals surface area contributed by atoms with Gasteiger partial charge in [0.1, 0.15) is 30.5 Å². The summed E-state index contributed by atoms with van der Waals surface area (Å²) < 4.78 is 37.2. The second kappa shape index (κ2) is 11.6. The highest BCUT2D eigenvalue weighted by molar-refractivity contribution is 5.94. The summed E-state index contributed by atoms with van der Waals surface area (Å²) in [4.78, 5) is 41.6. The van der Waals surface area contributed by atoms with Crippen molar-refractivity contribution in [3.63, 3.8) is 0 Å². The zero-order chi connectivity index (χ0) is 29.2. The van der Waals surface area contributed by atoms with E-state index in [-0.39, 0.29) is 37.8 Å². The third-order valence-electron chi connectivity index (χ3n) is 7.62. The normalized spacial score (nSPS) is 18.3. The lowest BCUT2D eigenvalue weighted by atomic mass is 9.87. The fraction of sp³-hybridized carbons (Fsp3) is 0.323. The van der Waals surface area contributed by atoms with Crippen molar-refractivity contribution in [2.45, 2.75) is 18.9 Å². The molecule has 1 fully saturated rings. The van der Waals surface area contributed by atoms with E-state index in [2.05, 4.69) is 5.32 Å². The maximum atomic E-state index is 14.5. The van der Waals surface area contributed by atoms with Crippen LogP contribution in [0.4, 0.5) is 9.18 Å². The molecule has 3 aromatic carbocycles. The molecular weight excluding hydrogens is 545 g/mol. The Hall–Kier alpha value is -4.80. The lowest BCUT2D eigenvalue weighted by molar-refractivity contribution is -0.133. The molecule has 218 valence electrons. The fourth-order valence-corrected chi connectivity index (χ4v) is 5.52. The second-order valence-corrected chi connectivity index (χ2v) is 10.2. The Morgan fingerprint density at radius 3 is 2.67 bits per heavy atom. The SMILES string of the molecule is COc1ccc2cc1OCCCNC(=O)c1cc(ccc1F)Oc1ccc3c(c1)CCN(C(=O)CN1CCOC1=O)C23. The van der Waals surface area contributed by atoms with E-state index in [1.807, 2.05) is 24.3 Å². The van der Waals surface area contributed by atoms with E-state index in [0.717, 1.165) is 16.7 Å². The van der Waals surface area contributed by atoms with Crippen LogP contribution in [0.1, 0.15) is 39.5 Å². The maximum absolute atomic E-state index is 14.5. The molecule has 4 heterocycles. The van der Waals surface area contributed by atoms with E-state index in [1.165, 1.54) is 23.1 Å². The first-order valence-electron chi connectivity index (χ1n) is 13.8. The van der Waals surface area contributed by atoms with Gasteiger partial charge < -0.3 is 29.2 Å². The number of amides is 3. The van der Waals surface area contributed by atoms with Crippen LogP contribution in [-0.2, 0) is 16.0 Å². The molecule has 0 aliphatic carbocycles. The van der Waals surface area contributed by atoms with Crippen molar-refractivity contribution >= 4 is 17.9 Å². The van der Waals surface area contributed by atoms with E-state index in [9.17, 15) is 18.8 Å². The summed E-state index contributed by atoms with van der Waals surface area (Å²) in [6, 6.07) is 14.7. The van der Waals surface area contributed by atoms with Crippen molar-refractivity contribution in [3.8, 4) is 23.0 Å². The van der Waals surface area contributed by atoms with Gasteiger partial charge in [0, 0.05) is 13.1 Å². The van der Waals surface area contributed by atoms with Crippen LogP contribution in [0.15, 0.2) is 54.6 Å². The number of methoxy groups -OCH3 is 1. The molecule has 3 amide bonds. The molecule has 11 heteroatoms.